The molecule has 1 aromatic heterocycles. The normalized spacial score (nSPS) is 12.5. The molecule has 3 rings (SSSR count). The average molecular weight is 280 g/mol. The quantitative estimate of drug-likeness (QED) is 0.779. The molecule has 1 N–H and O–H groups in total. The molecule has 0 aliphatic rings. The Labute approximate surface area is 123 Å². The van der Waals surface area contributed by atoms with Gasteiger partial charge in [0.2, 0.25) is 0 Å². The van der Waals surface area contributed by atoms with E-state index in [1.165, 1.54) is 6.07 Å². The zero-order valence-corrected chi connectivity index (χ0v) is 11.9. The Morgan fingerprint density at radius 3 is 2.76 bits per heavy atom. The minimum absolute atomic E-state index is 0.0430. The molecule has 1 heterocycles. The zero-order valence-electron chi connectivity index (χ0n) is 11.9. The molecule has 0 fully saturated rings. The van der Waals surface area contributed by atoms with Crippen LogP contribution in [0.2, 0.25) is 0 Å². The zero-order chi connectivity index (χ0) is 14.7. The van der Waals surface area contributed by atoms with Crippen LogP contribution in [0.15, 0.2) is 60.8 Å². The number of fused-ring (bicyclic) bond motifs is 1. The van der Waals surface area contributed by atoms with Crippen molar-refractivity contribution in [2.45, 2.75) is 13.0 Å². The SMILES string of the molecule is CCNC(c1cccc(F)c1)c1cccc2ncccc12. The number of hydrogen-bond acceptors (Lipinski definition) is 2. The van der Waals surface area contributed by atoms with Gasteiger partial charge in [0.25, 0.3) is 0 Å². The van der Waals surface area contributed by atoms with Gasteiger partial charge >= 0.3 is 0 Å². The number of pyridine rings is 1. The molecule has 0 amide bonds. The number of nitrogens with zero attached hydrogens (tertiary/aromatic N) is 1. The molecule has 21 heavy (non-hydrogen) atoms. The van der Waals surface area contributed by atoms with Crippen LogP contribution < -0.4 is 5.32 Å². The first-order chi connectivity index (χ1) is 10.3. The average Bonchev–Trinajstić information content (AvgIpc) is 2.52. The Morgan fingerprint density at radius 2 is 1.95 bits per heavy atom. The van der Waals surface area contributed by atoms with Crippen molar-refractivity contribution < 1.29 is 4.39 Å². The van der Waals surface area contributed by atoms with Crippen molar-refractivity contribution in [1.82, 2.24) is 10.3 Å². The minimum atomic E-state index is -0.214. The molecule has 0 radical (unpaired) electrons. The summed E-state index contributed by atoms with van der Waals surface area (Å²) in [5.74, 6) is -0.214. The largest absolute Gasteiger partial charge is 0.307 e. The van der Waals surface area contributed by atoms with E-state index >= 15 is 0 Å². The van der Waals surface area contributed by atoms with Gasteiger partial charge in [0, 0.05) is 11.6 Å². The first-order valence-electron chi connectivity index (χ1n) is 7.12. The van der Waals surface area contributed by atoms with E-state index in [-0.39, 0.29) is 11.9 Å². The summed E-state index contributed by atoms with van der Waals surface area (Å²) in [6, 6.07) is 16.8. The minimum Gasteiger partial charge on any atom is -0.307 e. The van der Waals surface area contributed by atoms with Crippen molar-refractivity contribution in [3.8, 4) is 0 Å². The van der Waals surface area contributed by atoms with E-state index in [1.54, 1.807) is 18.3 Å². The Hall–Kier alpha value is -2.26. The summed E-state index contributed by atoms with van der Waals surface area (Å²) in [7, 11) is 0. The fourth-order valence-corrected chi connectivity index (χ4v) is 2.68. The lowest BCUT2D eigenvalue weighted by atomic mass is 9.95. The maximum absolute atomic E-state index is 13.6. The number of rotatable bonds is 4. The lowest BCUT2D eigenvalue weighted by Crippen LogP contribution is -2.22. The second-order valence-electron chi connectivity index (χ2n) is 4.96. The molecule has 0 aliphatic carbocycles. The summed E-state index contributed by atoms with van der Waals surface area (Å²) in [5.41, 5.74) is 3.00. The van der Waals surface area contributed by atoms with Gasteiger partial charge < -0.3 is 5.32 Å². The number of aromatic nitrogens is 1. The van der Waals surface area contributed by atoms with Crippen LogP contribution in [-0.2, 0) is 0 Å². The highest BCUT2D eigenvalue weighted by Gasteiger charge is 2.16. The number of halogens is 1. The molecule has 1 atom stereocenters. The second kappa shape index (κ2) is 6.02. The van der Waals surface area contributed by atoms with Crippen LogP contribution in [0.1, 0.15) is 24.1 Å². The molecule has 0 saturated carbocycles. The van der Waals surface area contributed by atoms with E-state index in [2.05, 4.69) is 29.4 Å². The van der Waals surface area contributed by atoms with Crippen LogP contribution in [0.5, 0.6) is 0 Å². The molecule has 0 aliphatic heterocycles. The maximum atomic E-state index is 13.6. The molecular formula is C18H17FN2. The highest BCUT2D eigenvalue weighted by molar-refractivity contribution is 5.83. The fourth-order valence-electron chi connectivity index (χ4n) is 2.68. The van der Waals surface area contributed by atoms with Crippen LogP contribution in [0, 0.1) is 5.82 Å². The molecule has 106 valence electrons. The summed E-state index contributed by atoms with van der Waals surface area (Å²) in [6.45, 7) is 2.85. The van der Waals surface area contributed by atoms with Gasteiger partial charge in [0.1, 0.15) is 5.82 Å². The third-order valence-electron chi connectivity index (χ3n) is 3.58. The van der Waals surface area contributed by atoms with Crippen LogP contribution in [0.3, 0.4) is 0 Å². The highest BCUT2D eigenvalue weighted by Crippen LogP contribution is 2.28. The summed E-state index contributed by atoms with van der Waals surface area (Å²) in [5, 5.41) is 4.53. The number of benzene rings is 2. The maximum Gasteiger partial charge on any atom is 0.123 e. The van der Waals surface area contributed by atoms with Gasteiger partial charge in [0.05, 0.1) is 11.6 Å². The van der Waals surface area contributed by atoms with Crippen molar-refractivity contribution in [3.05, 3.63) is 77.7 Å². The summed E-state index contributed by atoms with van der Waals surface area (Å²) < 4.78 is 13.6. The van der Waals surface area contributed by atoms with Crippen molar-refractivity contribution in [2.24, 2.45) is 0 Å². The molecular weight excluding hydrogens is 263 g/mol. The molecule has 0 spiro atoms. The lowest BCUT2D eigenvalue weighted by molar-refractivity contribution is 0.605. The first kappa shape index (κ1) is 13.7. The number of nitrogens with one attached hydrogen (secondary N) is 1. The second-order valence-corrected chi connectivity index (χ2v) is 4.96. The molecule has 2 nitrogen and oxygen atoms in total. The molecule has 3 heteroatoms. The van der Waals surface area contributed by atoms with E-state index in [4.69, 9.17) is 0 Å². The van der Waals surface area contributed by atoms with Crippen molar-refractivity contribution >= 4 is 10.9 Å². The van der Waals surface area contributed by atoms with Gasteiger partial charge in [-0.05, 0) is 41.9 Å². The van der Waals surface area contributed by atoms with Gasteiger partial charge in [-0.25, -0.2) is 4.39 Å². The third kappa shape index (κ3) is 2.78. The van der Waals surface area contributed by atoms with Gasteiger partial charge in [-0.15, -0.1) is 0 Å². The van der Waals surface area contributed by atoms with E-state index < -0.39 is 0 Å². The van der Waals surface area contributed by atoms with E-state index in [0.717, 1.165) is 28.6 Å². The fraction of sp³-hybridized carbons (Fsp3) is 0.167. The summed E-state index contributed by atoms with van der Waals surface area (Å²) in [6.07, 6.45) is 1.79. The van der Waals surface area contributed by atoms with Gasteiger partial charge in [-0.3, -0.25) is 4.98 Å². The Morgan fingerprint density at radius 1 is 1.10 bits per heavy atom. The van der Waals surface area contributed by atoms with E-state index in [9.17, 15) is 4.39 Å². The standard InChI is InChI=1S/C18H17FN2/c1-2-20-18(13-6-3-7-14(19)12-13)16-8-4-10-17-15(16)9-5-11-21-17/h3-12,18,20H,2H2,1H3. The smallest absolute Gasteiger partial charge is 0.123 e. The summed E-state index contributed by atoms with van der Waals surface area (Å²) in [4.78, 5) is 4.39. The van der Waals surface area contributed by atoms with Crippen LogP contribution >= 0.6 is 0 Å². The molecule has 0 saturated heterocycles. The lowest BCUT2D eigenvalue weighted by Gasteiger charge is -2.20. The van der Waals surface area contributed by atoms with E-state index in [0.29, 0.717) is 0 Å². The summed E-state index contributed by atoms with van der Waals surface area (Å²) >= 11 is 0. The Bertz CT molecular complexity index is 750. The predicted molar refractivity (Wildman–Crippen MR) is 83.7 cm³/mol. The third-order valence-corrected chi connectivity index (χ3v) is 3.58. The van der Waals surface area contributed by atoms with Crippen molar-refractivity contribution in [1.29, 1.82) is 0 Å². The predicted octanol–water partition coefficient (Wildman–Crippen LogP) is 4.07. The van der Waals surface area contributed by atoms with Crippen LogP contribution in [0.25, 0.3) is 10.9 Å². The van der Waals surface area contributed by atoms with Crippen LogP contribution in [-0.4, -0.2) is 11.5 Å². The van der Waals surface area contributed by atoms with Crippen molar-refractivity contribution in [3.63, 3.8) is 0 Å². The Kier molecular flexibility index (Phi) is 3.93. The van der Waals surface area contributed by atoms with E-state index in [1.807, 2.05) is 24.3 Å². The molecule has 1 unspecified atom stereocenters. The Balaban J connectivity index is 2.16. The van der Waals surface area contributed by atoms with Crippen molar-refractivity contribution in [2.75, 3.05) is 6.54 Å². The first-order valence-corrected chi connectivity index (χ1v) is 7.12. The van der Waals surface area contributed by atoms with Gasteiger partial charge in [-0.2, -0.15) is 0 Å². The van der Waals surface area contributed by atoms with Gasteiger partial charge in [-0.1, -0.05) is 37.3 Å². The molecule has 0 bridgehead atoms. The molecule has 2 aromatic carbocycles. The molecule has 3 aromatic rings. The topological polar surface area (TPSA) is 24.9 Å². The van der Waals surface area contributed by atoms with Gasteiger partial charge in [0.15, 0.2) is 0 Å². The van der Waals surface area contributed by atoms with Crippen LogP contribution in [0.4, 0.5) is 4.39 Å². The highest BCUT2D eigenvalue weighted by atomic mass is 19.1. The monoisotopic (exact) mass is 280 g/mol. The number of hydrogen-bond donors (Lipinski definition) is 1.